The Morgan fingerprint density at radius 3 is 1.28 bits per heavy atom. The van der Waals surface area contributed by atoms with Crippen LogP contribution in [0.3, 0.4) is 0 Å². The summed E-state index contributed by atoms with van der Waals surface area (Å²) >= 11 is 4.11. The molecule has 0 nitrogen and oxygen atoms in total. The molecule has 156 valence electrons. The highest BCUT2D eigenvalue weighted by Crippen LogP contribution is 2.56. The van der Waals surface area contributed by atoms with E-state index in [9.17, 15) is 0 Å². The Bertz CT molecular complexity index is 1140. The molecule has 0 saturated heterocycles. The number of hydrogen-bond acceptors (Lipinski definition) is 0. The first-order valence-electron chi connectivity index (χ1n) is 10.7. The van der Waals surface area contributed by atoms with Crippen molar-refractivity contribution in [1.82, 2.24) is 0 Å². The van der Waals surface area contributed by atoms with Gasteiger partial charge in [0.25, 0.3) is 0 Å². The van der Waals surface area contributed by atoms with E-state index >= 15 is 0 Å². The largest absolute Gasteiger partial charge is 0.0709 e. The van der Waals surface area contributed by atoms with E-state index in [1.807, 2.05) is 0 Å². The van der Waals surface area contributed by atoms with Crippen LogP contribution in [0.4, 0.5) is 0 Å². The van der Waals surface area contributed by atoms with E-state index < -0.39 is 15.8 Å². The Labute approximate surface area is 201 Å². The molecule has 0 aromatic heterocycles. The minimum Gasteiger partial charge on any atom is -0.0709 e. The molecule has 4 aromatic carbocycles. The number of allylic oxidation sites excluding steroid dienone is 4. The van der Waals surface area contributed by atoms with Crippen LogP contribution < -0.4 is 21.2 Å². The number of hydrogen-bond donors (Lipinski definition) is 0. The summed E-state index contributed by atoms with van der Waals surface area (Å²) in [6.07, 6.45) is 4.80. The van der Waals surface area contributed by atoms with Gasteiger partial charge in [-0.15, -0.1) is 0 Å². The Morgan fingerprint density at radius 1 is 0.500 bits per heavy atom. The van der Waals surface area contributed by atoms with Crippen LogP contribution in [-0.4, -0.2) is 5.66 Å². The van der Waals surface area contributed by atoms with E-state index in [1.54, 1.807) is 0 Å². The van der Waals surface area contributed by atoms with Gasteiger partial charge in [0.05, 0.1) is 0 Å². The van der Waals surface area contributed by atoms with Crippen molar-refractivity contribution in [3.05, 3.63) is 143 Å². The summed E-state index contributed by atoms with van der Waals surface area (Å²) in [5.74, 6) is 0. The van der Waals surface area contributed by atoms with E-state index in [-0.39, 0.29) is 0 Å². The summed E-state index contributed by atoms with van der Waals surface area (Å²) < 4.78 is 1.33. The van der Waals surface area contributed by atoms with Crippen LogP contribution >= 0.6 is 31.8 Å². The third-order valence-electron chi connectivity index (χ3n) is 5.56. The van der Waals surface area contributed by atoms with Gasteiger partial charge in [-0.1, -0.05) is 149 Å². The van der Waals surface area contributed by atoms with Crippen LogP contribution in [0.1, 0.15) is 0 Å². The Kier molecular flexibility index (Phi) is 6.80. The first-order chi connectivity index (χ1) is 15.8. The molecule has 1 aliphatic carbocycles. The maximum absolute atomic E-state index is 4.11. The lowest BCUT2D eigenvalue weighted by Crippen LogP contribution is -2.20. The van der Waals surface area contributed by atoms with Gasteiger partial charge in [0, 0.05) is 10.1 Å². The van der Waals surface area contributed by atoms with Gasteiger partial charge in [-0.2, -0.15) is 0 Å². The van der Waals surface area contributed by atoms with Gasteiger partial charge in [-0.25, -0.2) is 0 Å². The maximum Gasteiger partial charge on any atom is 0.0377 e. The highest BCUT2D eigenvalue weighted by molar-refractivity contribution is 9.12. The molecule has 0 fully saturated rings. The van der Waals surface area contributed by atoms with Gasteiger partial charge in [0.15, 0.2) is 0 Å². The average Bonchev–Trinajstić information content (AvgIpc) is 3.23. The summed E-state index contributed by atoms with van der Waals surface area (Å²) in [4.78, 5) is 0. The fraction of sp³-hybridized carbons (Fsp3) is 0.0345. The fourth-order valence-electron chi connectivity index (χ4n) is 4.11. The average molecular weight is 513 g/mol. The molecule has 0 spiro atoms. The SMILES string of the molecule is BrC1=C(P(c2ccccc2)c2ccccc2)C=CC1P(c1ccccc1)c1ccccc1. The Morgan fingerprint density at radius 2 is 0.875 bits per heavy atom. The molecular formula is C29H23BrP2. The van der Waals surface area contributed by atoms with Crippen LogP contribution in [0.5, 0.6) is 0 Å². The molecule has 1 unspecified atom stereocenters. The van der Waals surface area contributed by atoms with Crippen molar-refractivity contribution >= 4 is 53.0 Å². The lowest BCUT2D eigenvalue weighted by molar-refractivity contribution is 1.42. The van der Waals surface area contributed by atoms with Gasteiger partial charge < -0.3 is 0 Å². The van der Waals surface area contributed by atoms with Gasteiger partial charge in [0.1, 0.15) is 0 Å². The van der Waals surface area contributed by atoms with Gasteiger partial charge >= 0.3 is 0 Å². The summed E-state index contributed by atoms with van der Waals surface area (Å²) in [7, 11) is -1.19. The van der Waals surface area contributed by atoms with Gasteiger partial charge in [0.2, 0.25) is 0 Å². The Hall–Kier alpha value is -2.30. The van der Waals surface area contributed by atoms with Crippen LogP contribution in [-0.2, 0) is 0 Å². The molecule has 0 radical (unpaired) electrons. The molecule has 0 bridgehead atoms. The summed E-state index contributed by atoms with van der Waals surface area (Å²) in [6.45, 7) is 0. The molecule has 0 amide bonds. The maximum atomic E-state index is 4.11. The van der Waals surface area contributed by atoms with Crippen molar-refractivity contribution in [3.63, 3.8) is 0 Å². The highest BCUT2D eigenvalue weighted by Gasteiger charge is 2.32. The van der Waals surface area contributed by atoms with Crippen molar-refractivity contribution in [3.8, 4) is 0 Å². The summed E-state index contributed by atoms with van der Waals surface area (Å²) in [6, 6.07) is 43.8. The Balaban J connectivity index is 1.62. The summed E-state index contributed by atoms with van der Waals surface area (Å²) in [5, 5.41) is 7.00. The molecule has 5 rings (SSSR count). The molecule has 0 aliphatic heterocycles. The lowest BCUT2D eigenvalue weighted by atomic mass is 10.4. The zero-order valence-corrected chi connectivity index (χ0v) is 20.9. The molecule has 0 saturated carbocycles. The van der Waals surface area contributed by atoms with Crippen molar-refractivity contribution in [2.24, 2.45) is 0 Å². The van der Waals surface area contributed by atoms with Gasteiger partial charge in [-0.05, 0) is 42.4 Å². The smallest absolute Gasteiger partial charge is 0.0377 e. The summed E-state index contributed by atoms with van der Waals surface area (Å²) in [5.41, 5.74) is 0.335. The topological polar surface area (TPSA) is 0 Å². The normalized spacial score (nSPS) is 15.7. The van der Waals surface area contributed by atoms with E-state index in [0.29, 0.717) is 5.66 Å². The third kappa shape index (κ3) is 4.44. The van der Waals surface area contributed by atoms with Crippen LogP contribution in [0.15, 0.2) is 143 Å². The zero-order valence-electron chi connectivity index (χ0n) is 17.6. The second-order valence-electron chi connectivity index (χ2n) is 7.58. The van der Waals surface area contributed by atoms with Crippen LogP contribution in [0.2, 0.25) is 0 Å². The van der Waals surface area contributed by atoms with Crippen LogP contribution in [0.25, 0.3) is 0 Å². The monoisotopic (exact) mass is 512 g/mol. The van der Waals surface area contributed by atoms with Crippen molar-refractivity contribution in [1.29, 1.82) is 0 Å². The molecule has 0 heterocycles. The predicted molar refractivity (Wildman–Crippen MR) is 147 cm³/mol. The minimum absolute atomic E-state index is 0.335. The molecule has 4 aromatic rings. The molecule has 0 N–H and O–H groups in total. The first kappa shape index (κ1) is 21.5. The lowest BCUT2D eigenvalue weighted by Gasteiger charge is -2.26. The second-order valence-corrected chi connectivity index (χ2v) is 13.0. The van der Waals surface area contributed by atoms with E-state index in [2.05, 4.69) is 149 Å². The van der Waals surface area contributed by atoms with Crippen molar-refractivity contribution in [2.45, 2.75) is 5.66 Å². The molecule has 1 aliphatic rings. The minimum atomic E-state index is -0.624. The zero-order chi connectivity index (χ0) is 21.8. The van der Waals surface area contributed by atoms with Crippen molar-refractivity contribution < 1.29 is 0 Å². The highest BCUT2D eigenvalue weighted by atomic mass is 79.9. The number of rotatable bonds is 6. The number of benzene rings is 4. The van der Waals surface area contributed by atoms with Crippen molar-refractivity contribution in [2.75, 3.05) is 0 Å². The number of halogens is 1. The third-order valence-corrected chi connectivity index (χ3v) is 12.3. The van der Waals surface area contributed by atoms with E-state index in [1.165, 1.54) is 31.0 Å². The quantitative estimate of drug-likeness (QED) is 0.249. The molecule has 1 atom stereocenters. The first-order valence-corrected chi connectivity index (χ1v) is 14.2. The molecular weight excluding hydrogens is 490 g/mol. The molecule has 32 heavy (non-hydrogen) atoms. The standard InChI is InChI=1S/C29H23BrP2/c30-29-27(31(23-13-5-1-6-14-23)24-15-7-2-8-16-24)21-22-28(29)32(25-17-9-3-10-18-25)26-19-11-4-12-20-26/h1-22,27H. The van der Waals surface area contributed by atoms with E-state index in [4.69, 9.17) is 0 Å². The van der Waals surface area contributed by atoms with Crippen LogP contribution in [0, 0.1) is 0 Å². The van der Waals surface area contributed by atoms with Gasteiger partial charge in [-0.3, -0.25) is 0 Å². The molecule has 3 heteroatoms. The predicted octanol–water partition coefficient (Wildman–Crippen LogP) is 6.80. The van der Waals surface area contributed by atoms with E-state index in [0.717, 1.165) is 0 Å². The fourth-order valence-corrected chi connectivity index (χ4v) is 10.6. The second kappa shape index (κ2) is 10.1.